The second-order valence-corrected chi connectivity index (χ2v) is 9.20. The minimum absolute atomic E-state index is 0.283. The third kappa shape index (κ3) is 14.5. The van der Waals surface area contributed by atoms with Crippen LogP contribution in [0.15, 0.2) is 72.8 Å². The molecule has 6 N–H and O–H groups in total. The fourth-order valence-corrected chi connectivity index (χ4v) is 3.20. The Bertz CT molecular complexity index is 957. The van der Waals surface area contributed by atoms with Crippen LogP contribution in [0, 0.1) is 0 Å². The van der Waals surface area contributed by atoms with Crippen LogP contribution in [0.1, 0.15) is 38.3 Å². The number of nitrogens with two attached hydrogens (primary N) is 1. The number of alkyl carbamates (subject to hydrolysis) is 1. The normalized spacial score (nSPS) is 13.6. The van der Waals surface area contributed by atoms with Crippen LogP contribution in [0.25, 0.3) is 0 Å². The molecule has 3 unspecified atom stereocenters. The Balaban J connectivity index is 0.000000697. The number of ether oxygens (including phenoxy) is 1. The maximum absolute atomic E-state index is 12.3. The fraction of sp³-hybridized carbons (Fsp3) is 0.370. The van der Waals surface area contributed by atoms with E-state index in [1.807, 2.05) is 81.4 Å². The third-order valence-corrected chi connectivity index (χ3v) is 4.75. The van der Waals surface area contributed by atoms with Crippen LogP contribution in [0.4, 0.5) is 4.79 Å². The highest BCUT2D eigenvalue weighted by atomic mass is 16.6. The summed E-state index contributed by atoms with van der Waals surface area (Å²) in [5, 5.41) is 29.2. The lowest BCUT2D eigenvalue weighted by molar-refractivity contribution is -0.134. The summed E-state index contributed by atoms with van der Waals surface area (Å²) in [5.41, 5.74) is 7.80. The number of carboxylic acids is 2. The number of benzene rings is 2. The van der Waals surface area contributed by atoms with Gasteiger partial charge in [-0.15, -0.1) is 0 Å². The number of carbonyl (C=O) groups excluding carboxylic acids is 1. The molecule has 36 heavy (non-hydrogen) atoms. The number of hydrogen-bond donors (Lipinski definition) is 5. The minimum atomic E-state index is -1.26. The van der Waals surface area contributed by atoms with Crippen molar-refractivity contribution in [2.24, 2.45) is 5.73 Å². The van der Waals surface area contributed by atoms with Crippen LogP contribution in [-0.2, 0) is 27.2 Å². The van der Waals surface area contributed by atoms with Crippen molar-refractivity contribution in [3.8, 4) is 0 Å². The summed E-state index contributed by atoms with van der Waals surface area (Å²) < 4.78 is 5.38. The van der Waals surface area contributed by atoms with Crippen molar-refractivity contribution < 1.29 is 34.4 Å². The molecule has 196 valence electrons. The standard InChI is InChI=1S/C23H32N2O3.C4H4O4/c1-23(2,3)28-22(27)25-19(14-17-10-6-4-7-11-17)16-21(26)20(24)15-18-12-8-5-9-13-18;5-3(6)1-2-4(7)8/h4-13,19-21,26H,14-16,24H2,1-3H3,(H,25,27);1-2H,(H,5,6)(H,7,8)/b;2-1+. The average molecular weight is 501 g/mol. The lowest BCUT2D eigenvalue weighted by Gasteiger charge is -2.27. The molecule has 0 aromatic heterocycles. The predicted molar refractivity (Wildman–Crippen MR) is 136 cm³/mol. The molecule has 0 heterocycles. The summed E-state index contributed by atoms with van der Waals surface area (Å²) in [4.78, 5) is 31.4. The van der Waals surface area contributed by atoms with Crippen LogP contribution >= 0.6 is 0 Å². The van der Waals surface area contributed by atoms with Crippen molar-refractivity contribution in [2.45, 2.75) is 63.8 Å². The molecule has 0 radical (unpaired) electrons. The van der Waals surface area contributed by atoms with Crippen molar-refractivity contribution in [2.75, 3.05) is 0 Å². The lowest BCUT2D eigenvalue weighted by Crippen LogP contribution is -2.46. The van der Waals surface area contributed by atoms with E-state index in [2.05, 4.69) is 5.32 Å². The number of aliphatic hydroxyl groups is 1. The van der Waals surface area contributed by atoms with E-state index in [0.29, 0.717) is 31.4 Å². The molecule has 3 atom stereocenters. The number of nitrogens with one attached hydrogen (secondary N) is 1. The molecule has 2 aromatic carbocycles. The van der Waals surface area contributed by atoms with Crippen molar-refractivity contribution >= 4 is 18.0 Å². The van der Waals surface area contributed by atoms with Gasteiger partial charge in [-0.2, -0.15) is 0 Å². The number of hydrogen-bond acceptors (Lipinski definition) is 6. The highest BCUT2D eigenvalue weighted by molar-refractivity contribution is 5.89. The van der Waals surface area contributed by atoms with E-state index in [4.69, 9.17) is 20.7 Å². The maximum atomic E-state index is 12.3. The van der Waals surface area contributed by atoms with Gasteiger partial charge in [-0.25, -0.2) is 14.4 Å². The molecule has 0 aliphatic rings. The summed E-state index contributed by atoms with van der Waals surface area (Å²) in [6, 6.07) is 19.0. The Labute approximate surface area is 211 Å². The van der Waals surface area contributed by atoms with Gasteiger partial charge in [-0.05, 0) is 51.2 Å². The molecule has 0 saturated carbocycles. The third-order valence-electron chi connectivity index (χ3n) is 4.75. The quantitative estimate of drug-likeness (QED) is 0.311. The molecule has 0 bridgehead atoms. The molecule has 1 amide bonds. The van der Waals surface area contributed by atoms with Gasteiger partial charge in [0.05, 0.1) is 6.10 Å². The van der Waals surface area contributed by atoms with Gasteiger partial charge >= 0.3 is 18.0 Å². The highest BCUT2D eigenvalue weighted by Crippen LogP contribution is 2.14. The van der Waals surface area contributed by atoms with Gasteiger partial charge in [-0.1, -0.05) is 60.7 Å². The molecule has 9 heteroatoms. The number of aliphatic hydroxyl groups excluding tert-OH is 1. The average Bonchev–Trinajstić information content (AvgIpc) is 2.78. The van der Waals surface area contributed by atoms with Gasteiger partial charge < -0.3 is 31.1 Å². The molecule has 9 nitrogen and oxygen atoms in total. The summed E-state index contributed by atoms with van der Waals surface area (Å²) in [7, 11) is 0. The first-order chi connectivity index (χ1) is 16.9. The Hall–Kier alpha value is -3.69. The molecule has 0 aliphatic carbocycles. The number of amides is 1. The van der Waals surface area contributed by atoms with E-state index in [9.17, 15) is 19.5 Å². The molecule has 0 aliphatic heterocycles. The zero-order valence-corrected chi connectivity index (χ0v) is 20.8. The number of carboxylic acid groups (broad SMARTS) is 2. The van der Waals surface area contributed by atoms with E-state index < -0.39 is 35.8 Å². The summed E-state index contributed by atoms with van der Waals surface area (Å²) >= 11 is 0. The summed E-state index contributed by atoms with van der Waals surface area (Å²) in [6.07, 6.45) is 1.40. The van der Waals surface area contributed by atoms with Crippen molar-refractivity contribution in [1.29, 1.82) is 0 Å². The summed E-state index contributed by atoms with van der Waals surface area (Å²) in [6.45, 7) is 5.47. The Morgan fingerprint density at radius 1 is 0.889 bits per heavy atom. The molecular weight excluding hydrogens is 464 g/mol. The molecular formula is C27H36N2O7. The topological polar surface area (TPSA) is 159 Å². The van der Waals surface area contributed by atoms with E-state index in [1.54, 1.807) is 0 Å². The van der Waals surface area contributed by atoms with E-state index in [-0.39, 0.29) is 6.04 Å². The SMILES string of the molecule is CC(C)(C)OC(=O)NC(Cc1ccccc1)CC(O)C(N)Cc1ccccc1.O=C(O)/C=C/C(=O)O. The van der Waals surface area contributed by atoms with Gasteiger partial charge in [0.2, 0.25) is 0 Å². The molecule has 0 fully saturated rings. The van der Waals surface area contributed by atoms with Gasteiger partial charge in [0.15, 0.2) is 0 Å². The van der Waals surface area contributed by atoms with Crippen molar-refractivity contribution in [1.82, 2.24) is 5.32 Å². The van der Waals surface area contributed by atoms with E-state index >= 15 is 0 Å². The first-order valence-corrected chi connectivity index (χ1v) is 11.5. The largest absolute Gasteiger partial charge is 0.478 e. The smallest absolute Gasteiger partial charge is 0.407 e. The number of rotatable bonds is 10. The van der Waals surface area contributed by atoms with Crippen LogP contribution < -0.4 is 11.1 Å². The molecule has 0 saturated heterocycles. The first kappa shape index (κ1) is 30.3. The maximum Gasteiger partial charge on any atom is 0.407 e. The zero-order chi connectivity index (χ0) is 27.1. The Morgan fingerprint density at radius 2 is 1.33 bits per heavy atom. The molecule has 2 rings (SSSR count). The van der Waals surface area contributed by atoms with Crippen molar-refractivity contribution in [3.05, 3.63) is 83.9 Å². The van der Waals surface area contributed by atoms with Crippen LogP contribution in [0.3, 0.4) is 0 Å². The van der Waals surface area contributed by atoms with Gasteiger partial charge in [-0.3, -0.25) is 0 Å². The second-order valence-electron chi connectivity index (χ2n) is 9.20. The van der Waals surface area contributed by atoms with Gasteiger partial charge in [0, 0.05) is 24.2 Å². The van der Waals surface area contributed by atoms with Gasteiger partial charge in [0.25, 0.3) is 0 Å². The predicted octanol–water partition coefficient (Wildman–Crippen LogP) is 3.16. The van der Waals surface area contributed by atoms with E-state index in [1.165, 1.54) is 0 Å². The van der Waals surface area contributed by atoms with Crippen LogP contribution in [0.5, 0.6) is 0 Å². The zero-order valence-electron chi connectivity index (χ0n) is 20.8. The minimum Gasteiger partial charge on any atom is -0.478 e. The molecule has 2 aromatic rings. The van der Waals surface area contributed by atoms with Crippen molar-refractivity contribution in [3.63, 3.8) is 0 Å². The number of carbonyl (C=O) groups is 3. The number of aliphatic carboxylic acids is 2. The van der Waals surface area contributed by atoms with Crippen LogP contribution in [-0.4, -0.2) is 57.1 Å². The summed E-state index contributed by atoms with van der Waals surface area (Å²) in [5.74, 6) is -2.51. The lowest BCUT2D eigenvalue weighted by atomic mass is 9.94. The van der Waals surface area contributed by atoms with Crippen LogP contribution in [0.2, 0.25) is 0 Å². The monoisotopic (exact) mass is 500 g/mol. The fourth-order valence-electron chi connectivity index (χ4n) is 3.20. The Morgan fingerprint density at radius 3 is 1.75 bits per heavy atom. The van der Waals surface area contributed by atoms with Gasteiger partial charge in [0.1, 0.15) is 5.60 Å². The first-order valence-electron chi connectivity index (χ1n) is 11.5. The highest BCUT2D eigenvalue weighted by Gasteiger charge is 2.24. The second kappa shape index (κ2) is 15.3. The Kier molecular flexibility index (Phi) is 12.9. The van der Waals surface area contributed by atoms with E-state index in [0.717, 1.165) is 11.1 Å². The molecule has 0 spiro atoms.